The first kappa shape index (κ1) is 15.8. The topological polar surface area (TPSA) is 50.4 Å². The minimum absolute atomic E-state index is 0.0490. The van der Waals surface area contributed by atoms with E-state index in [4.69, 9.17) is 4.74 Å². The maximum Gasteiger partial charge on any atom is 0.317 e. The van der Waals surface area contributed by atoms with E-state index in [0.717, 1.165) is 16.9 Å². The molecule has 2 amide bonds. The molecule has 22 heavy (non-hydrogen) atoms. The number of rotatable bonds is 5. The van der Waals surface area contributed by atoms with Crippen LogP contribution in [0.5, 0.6) is 5.75 Å². The highest BCUT2D eigenvalue weighted by Gasteiger charge is 2.05. The molecule has 0 aliphatic rings. The quantitative estimate of drug-likeness (QED) is 0.833. The van der Waals surface area contributed by atoms with Crippen molar-refractivity contribution < 1.29 is 13.9 Å². The molecule has 0 spiro atoms. The van der Waals surface area contributed by atoms with Gasteiger partial charge in [0.1, 0.15) is 11.6 Å². The smallest absolute Gasteiger partial charge is 0.317 e. The number of carbonyl (C=O) groups excluding carboxylic acids is 1. The fourth-order valence-corrected chi connectivity index (χ4v) is 1.94. The van der Waals surface area contributed by atoms with Crippen molar-refractivity contribution in [2.24, 2.45) is 0 Å². The van der Waals surface area contributed by atoms with Crippen LogP contribution in [0.15, 0.2) is 42.5 Å². The minimum atomic E-state index is -0.409. The third kappa shape index (κ3) is 4.22. The van der Waals surface area contributed by atoms with E-state index in [2.05, 4.69) is 10.6 Å². The van der Waals surface area contributed by atoms with Crippen LogP contribution in [0.2, 0.25) is 0 Å². The maximum absolute atomic E-state index is 13.4. The average molecular weight is 302 g/mol. The van der Waals surface area contributed by atoms with E-state index in [1.807, 2.05) is 32.0 Å². The third-order valence-corrected chi connectivity index (χ3v) is 3.41. The Morgan fingerprint density at radius 2 is 1.86 bits per heavy atom. The van der Waals surface area contributed by atoms with Gasteiger partial charge in [0.05, 0.1) is 0 Å². The van der Waals surface area contributed by atoms with Crippen molar-refractivity contribution in [2.75, 3.05) is 6.73 Å². The van der Waals surface area contributed by atoms with Gasteiger partial charge in [-0.3, -0.25) is 0 Å². The van der Waals surface area contributed by atoms with Crippen molar-refractivity contribution in [3.8, 4) is 5.75 Å². The summed E-state index contributed by atoms with van der Waals surface area (Å²) in [6.07, 6.45) is 0. The number of hydrogen-bond donors (Lipinski definition) is 2. The predicted octanol–water partition coefficient (Wildman–Crippen LogP) is 3.28. The lowest BCUT2D eigenvalue weighted by Crippen LogP contribution is -2.37. The normalized spacial score (nSPS) is 10.1. The van der Waals surface area contributed by atoms with Crippen molar-refractivity contribution >= 4 is 6.03 Å². The number of carbonyl (C=O) groups is 1. The van der Waals surface area contributed by atoms with E-state index in [1.165, 1.54) is 6.07 Å². The van der Waals surface area contributed by atoms with Gasteiger partial charge in [-0.25, -0.2) is 9.18 Å². The zero-order chi connectivity index (χ0) is 15.9. The SMILES string of the molecule is Cc1cccc(OCNC(=O)NCc2ccccc2F)c1C. The van der Waals surface area contributed by atoms with Crippen LogP contribution in [-0.4, -0.2) is 12.8 Å². The molecule has 0 aromatic heterocycles. The summed E-state index contributed by atoms with van der Waals surface area (Å²) in [5.74, 6) is 0.392. The van der Waals surface area contributed by atoms with Crippen molar-refractivity contribution in [3.63, 3.8) is 0 Å². The molecule has 2 aromatic rings. The number of ether oxygens (including phenoxy) is 1. The van der Waals surface area contributed by atoms with Crippen molar-refractivity contribution in [1.82, 2.24) is 10.6 Å². The molecule has 4 nitrogen and oxygen atoms in total. The molecule has 0 fully saturated rings. The highest BCUT2D eigenvalue weighted by Crippen LogP contribution is 2.19. The van der Waals surface area contributed by atoms with E-state index in [0.29, 0.717) is 5.56 Å². The van der Waals surface area contributed by atoms with Gasteiger partial charge in [-0.15, -0.1) is 0 Å². The van der Waals surface area contributed by atoms with Crippen LogP contribution in [0.1, 0.15) is 16.7 Å². The van der Waals surface area contributed by atoms with Crippen molar-refractivity contribution in [2.45, 2.75) is 20.4 Å². The Balaban J connectivity index is 1.76. The minimum Gasteiger partial charge on any atom is -0.473 e. The molecule has 2 N–H and O–H groups in total. The van der Waals surface area contributed by atoms with E-state index in [9.17, 15) is 9.18 Å². The molecule has 2 rings (SSSR count). The lowest BCUT2D eigenvalue weighted by atomic mass is 10.1. The summed E-state index contributed by atoms with van der Waals surface area (Å²) in [4.78, 5) is 11.6. The summed E-state index contributed by atoms with van der Waals surface area (Å²) in [6.45, 7) is 4.13. The first-order chi connectivity index (χ1) is 10.6. The van der Waals surface area contributed by atoms with Crippen LogP contribution in [0, 0.1) is 19.7 Å². The molecule has 0 atom stereocenters. The predicted molar refractivity (Wildman–Crippen MR) is 83.2 cm³/mol. The zero-order valence-corrected chi connectivity index (χ0v) is 12.7. The van der Waals surface area contributed by atoms with Crippen LogP contribution in [-0.2, 0) is 6.54 Å². The van der Waals surface area contributed by atoms with Gasteiger partial charge in [-0.2, -0.15) is 0 Å². The van der Waals surface area contributed by atoms with Crippen molar-refractivity contribution in [1.29, 1.82) is 0 Å². The van der Waals surface area contributed by atoms with E-state index < -0.39 is 6.03 Å². The van der Waals surface area contributed by atoms with Gasteiger partial charge in [0, 0.05) is 12.1 Å². The first-order valence-electron chi connectivity index (χ1n) is 7.02. The van der Waals surface area contributed by atoms with Gasteiger partial charge < -0.3 is 15.4 Å². The molecule has 0 aliphatic heterocycles. The highest BCUT2D eigenvalue weighted by atomic mass is 19.1. The highest BCUT2D eigenvalue weighted by molar-refractivity contribution is 5.73. The van der Waals surface area contributed by atoms with E-state index in [-0.39, 0.29) is 19.1 Å². The second-order valence-electron chi connectivity index (χ2n) is 4.94. The Kier molecular flexibility index (Phi) is 5.36. The largest absolute Gasteiger partial charge is 0.473 e. The number of halogens is 1. The monoisotopic (exact) mass is 302 g/mol. The molecule has 0 saturated heterocycles. The molecule has 0 unspecified atom stereocenters. The first-order valence-corrected chi connectivity index (χ1v) is 7.02. The molecular weight excluding hydrogens is 283 g/mol. The molecule has 0 radical (unpaired) electrons. The second kappa shape index (κ2) is 7.45. The molecule has 0 saturated carbocycles. The van der Waals surface area contributed by atoms with Crippen LogP contribution < -0.4 is 15.4 Å². The summed E-state index contributed by atoms with van der Waals surface area (Å²) in [5, 5.41) is 5.15. The lowest BCUT2D eigenvalue weighted by Gasteiger charge is -2.12. The van der Waals surface area contributed by atoms with Crippen molar-refractivity contribution in [3.05, 3.63) is 65.0 Å². The van der Waals surface area contributed by atoms with Gasteiger partial charge in [-0.1, -0.05) is 30.3 Å². The van der Waals surface area contributed by atoms with E-state index in [1.54, 1.807) is 18.2 Å². The Morgan fingerprint density at radius 3 is 2.64 bits per heavy atom. The second-order valence-corrected chi connectivity index (χ2v) is 4.94. The molecule has 0 aliphatic carbocycles. The fraction of sp³-hybridized carbons (Fsp3) is 0.235. The summed E-state index contributed by atoms with van der Waals surface area (Å²) in [6, 6.07) is 11.7. The average Bonchev–Trinajstić information content (AvgIpc) is 2.51. The molecule has 2 aromatic carbocycles. The summed E-state index contributed by atoms with van der Waals surface area (Å²) in [5.41, 5.74) is 2.60. The van der Waals surface area contributed by atoms with Gasteiger partial charge in [-0.05, 0) is 37.1 Å². The molecule has 0 bridgehead atoms. The fourth-order valence-electron chi connectivity index (χ4n) is 1.94. The number of hydrogen-bond acceptors (Lipinski definition) is 2. The molecular formula is C17H19FN2O2. The zero-order valence-electron chi connectivity index (χ0n) is 12.7. The maximum atomic E-state index is 13.4. The Morgan fingerprint density at radius 1 is 1.09 bits per heavy atom. The van der Waals surface area contributed by atoms with Gasteiger partial charge in [0.2, 0.25) is 0 Å². The van der Waals surface area contributed by atoms with Gasteiger partial charge >= 0.3 is 6.03 Å². The van der Waals surface area contributed by atoms with Gasteiger partial charge in [0.15, 0.2) is 6.73 Å². The number of urea groups is 1. The van der Waals surface area contributed by atoms with Crippen LogP contribution >= 0.6 is 0 Å². The third-order valence-electron chi connectivity index (χ3n) is 3.41. The number of benzene rings is 2. The molecule has 0 heterocycles. The van der Waals surface area contributed by atoms with Crippen LogP contribution in [0.4, 0.5) is 9.18 Å². The van der Waals surface area contributed by atoms with E-state index >= 15 is 0 Å². The van der Waals surface area contributed by atoms with Crippen LogP contribution in [0.25, 0.3) is 0 Å². The standard InChI is InChI=1S/C17H19FN2O2/c1-12-6-5-9-16(13(12)2)22-11-20-17(21)19-10-14-7-3-4-8-15(14)18/h3-9H,10-11H2,1-2H3,(H2,19,20,21). The number of amides is 2. The Bertz CT molecular complexity index is 659. The molecule has 5 heteroatoms. The summed E-state index contributed by atoms with van der Waals surface area (Å²) in [7, 11) is 0. The number of nitrogens with one attached hydrogen (secondary N) is 2. The summed E-state index contributed by atoms with van der Waals surface area (Å²) >= 11 is 0. The van der Waals surface area contributed by atoms with Crippen LogP contribution in [0.3, 0.4) is 0 Å². The lowest BCUT2D eigenvalue weighted by molar-refractivity contribution is 0.223. The molecule has 116 valence electrons. The van der Waals surface area contributed by atoms with Gasteiger partial charge in [0.25, 0.3) is 0 Å². The number of aryl methyl sites for hydroxylation is 1. The Hall–Kier alpha value is -2.56. The summed E-state index contributed by atoms with van der Waals surface area (Å²) < 4.78 is 18.9. The Labute approximate surface area is 129 Å².